The smallest absolute Gasteiger partial charge is 0.137 e. The SMILES string of the molecule is c1ccc(-c2cccc(N(c3ccc4ccccc4c3)c3ccc4c(c3)oc3cccc(-c5nc6c(ccc7ccccc76)s5)c34)c2)cc1. The van der Waals surface area contributed by atoms with Crippen molar-refractivity contribution in [1.82, 2.24) is 4.98 Å². The van der Waals surface area contributed by atoms with Gasteiger partial charge < -0.3 is 9.32 Å². The van der Waals surface area contributed by atoms with Crippen LogP contribution < -0.4 is 4.90 Å². The van der Waals surface area contributed by atoms with Gasteiger partial charge in [-0.05, 0) is 75.8 Å². The lowest BCUT2D eigenvalue weighted by atomic mass is 10.0. The Balaban J connectivity index is 1.15. The van der Waals surface area contributed by atoms with Crippen LogP contribution in [0.1, 0.15) is 0 Å². The van der Waals surface area contributed by atoms with Crippen LogP contribution in [0.4, 0.5) is 17.1 Å². The predicted molar refractivity (Wildman–Crippen MR) is 207 cm³/mol. The van der Waals surface area contributed by atoms with Gasteiger partial charge in [0.15, 0.2) is 0 Å². The highest BCUT2D eigenvalue weighted by Gasteiger charge is 2.20. The standard InChI is InChI=1S/C45H28N2OS/c1-2-10-29(11-3-1)33-15-8-16-34(26-33)47(35-22-20-30-12-4-5-14-32(30)27-35)36-23-24-38-41(28-36)48-40-19-9-18-39(43(38)40)45-46-44-37-17-7-6-13-31(37)21-25-42(44)49-45/h1-28H. The molecule has 49 heavy (non-hydrogen) atoms. The summed E-state index contributed by atoms with van der Waals surface area (Å²) < 4.78 is 7.82. The van der Waals surface area contributed by atoms with Gasteiger partial charge in [-0.3, -0.25) is 0 Å². The highest BCUT2D eigenvalue weighted by Crippen LogP contribution is 2.44. The molecule has 0 aliphatic rings. The van der Waals surface area contributed by atoms with Crippen LogP contribution in [0.15, 0.2) is 174 Å². The van der Waals surface area contributed by atoms with Gasteiger partial charge in [-0.25, -0.2) is 4.98 Å². The zero-order valence-corrected chi connectivity index (χ0v) is 27.2. The van der Waals surface area contributed by atoms with Gasteiger partial charge in [-0.1, -0.05) is 115 Å². The average Bonchev–Trinajstić information content (AvgIpc) is 3.77. The Morgan fingerprint density at radius 2 is 1.18 bits per heavy atom. The molecule has 0 saturated heterocycles. The van der Waals surface area contributed by atoms with E-state index in [1.807, 2.05) is 0 Å². The van der Waals surface area contributed by atoms with Crippen LogP contribution in [0.3, 0.4) is 0 Å². The van der Waals surface area contributed by atoms with Crippen LogP contribution in [0, 0.1) is 0 Å². The van der Waals surface area contributed by atoms with Crippen LogP contribution in [0.5, 0.6) is 0 Å². The molecule has 10 rings (SSSR count). The third-order valence-electron chi connectivity index (χ3n) is 9.46. The van der Waals surface area contributed by atoms with E-state index in [0.29, 0.717) is 0 Å². The maximum Gasteiger partial charge on any atom is 0.137 e. The molecule has 2 heterocycles. The molecule has 230 valence electrons. The van der Waals surface area contributed by atoms with Crippen molar-refractivity contribution >= 4 is 82.1 Å². The number of anilines is 3. The Morgan fingerprint density at radius 3 is 2.10 bits per heavy atom. The fourth-order valence-electron chi connectivity index (χ4n) is 7.13. The van der Waals surface area contributed by atoms with Gasteiger partial charge in [0, 0.05) is 44.9 Å². The molecular weight excluding hydrogens is 617 g/mol. The quantitative estimate of drug-likeness (QED) is 0.187. The second-order valence-electron chi connectivity index (χ2n) is 12.4. The molecule has 0 fully saturated rings. The van der Waals surface area contributed by atoms with E-state index in [9.17, 15) is 0 Å². The zero-order chi connectivity index (χ0) is 32.3. The summed E-state index contributed by atoms with van der Waals surface area (Å²) in [6.45, 7) is 0. The van der Waals surface area contributed by atoms with Crippen LogP contribution in [-0.2, 0) is 0 Å². The van der Waals surface area contributed by atoms with Crippen molar-refractivity contribution in [3.63, 3.8) is 0 Å². The average molecular weight is 645 g/mol. The highest BCUT2D eigenvalue weighted by molar-refractivity contribution is 7.21. The minimum Gasteiger partial charge on any atom is -0.456 e. The van der Waals surface area contributed by atoms with Crippen LogP contribution >= 0.6 is 11.3 Å². The minimum atomic E-state index is 0.844. The molecule has 0 bridgehead atoms. The number of thiazole rings is 1. The van der Waals surface area contributed by atoms with Crippen LogP contribution in [-0.4, -0.2) is 4.98 Å². The molecule has 0 saturated carbocycles. The van der Waals surface area contributed by atoms with Gasteiger partial charge in [-0.2, -0.15) is 0 Å². The van der Waals surface area contributed by atoms with Crippen molar-refractivity contribution in [3.8, 4) is 21.7 Å². The summed E-state index contributed by atoms with van der Waals surface area (Å²) in [5.74, 6) is 0. The molecule has 0 radical (unpaired) electrons. The Bertz CT molecular complexity index is 2850. The number of fused-ring (bicyclic) bond motifs is 7. The summed E-state index contributed by atoms with van der Waals surface area (Å²) in [6, 6.07) is 60.2. The molecule has 3 nitrogen and oxygen atoms in total. The van der Waals surface area contributed by atoms with Crippen molar-refractivity contribution in [3.05, 3.63) is 170 Å². The number of hydrogen-bond acceptors (Lipinski definition) is 4. The van der Waals surface area contributed by atoms with Crippen molar-refractivity contribution in [1.29, 1.82) is 0 Å². The number of hydrogen-bond donors (Lipinski definition) is 0. The summed E-state index contributed by atoms with van der Waals surface area (Å²) in [5.41, 5.74) is 9.39. The first-order valence-corrected chi connectivity index (χ1v) is 17.3. The summed E-state index contributed by atoms with van der Waals surface area (Å²) in [4.78, 5) is 7.52. The second kappa shape index (κ2) is 11.2. The van der Waals surface area contributed by atoms with Gasteiger partial charge in [0.2, 0.25) is 0 Å². The number of furan rings is 1. The van der Waals surface area contributed by atoms with E-state index in [4.69, 9.17) is 9.40 Å². The number of aromatic nitrogens is 1. The van der Waals surface area contributed by atoms with Gasteiger partial charge in [0.25, 0.3) is 0 Å². The van der Waals surface area contributed by atoms with Gasteiger partial charge >= 0.3 is 0 Å². The first-order chi connectivity index (χ1) is 24.3. The van der Waals surface area contributed by atoms with Gasteiger partial charge in [0.1, 0.15) is 16.2 Å². The Hall–Kier alpha value is -6.23. The van der Waals surface area contributed by atoms with Gasteiger partial charge in [0.05, 0.1) is 10.2 Å². The monoisotopic (exact) mass is 644 g/mol. The Labute approximate surface area is 286 Å². The van der Waals surface area contributed by atoms with Crippen molar-refractivity contribution in [2.75, 3.05) is 4.90 Å². The maximum absolute atomic E-state index is 6.63. The first kappa shape index (κ1) is 27.8. The third-order valence-corrected chi connectivity index (χ3v) is 10.5. The van der Waals surface area contributed by atoms with E-state index in [1.54, 1.807) is 11.3 Å². The molecule has 0 amide bonds. The Kier molecular flexibility index (Phi) is 6.36. The summed E-state index contributed by atoms with van der Waals surface area (Å²) in [5, 5.41) is 7.97. The van der Waals surface area contributed by atoms with Crippen molar-refractivity contribution < 1.29 is 4.42 Å². The number of benzene rings is 8. The highest BCUT2D eigenvalue weighted by atomic mass is 32.1. The molecule has 0 unspecified atom stereocenters. The summed E-state index contributed by atoms with van der Waals surface area (Å²) >= 11 is 1.73. The van der Waals surface area contributed by atoms with E-state index < -0.39 is 0 Å². The van der Waals surface area contributed by atoms with E-state index in [1.165, 1.54) is 37.4 Å². The normalized spacial score (nSPS) is 11.7. The minimum absolute atomic E-state index is 0.844. The molecule has 0 atom stereocenters. The van der Waals surface area contributed by atoms with E-state index >= 15 is 0 Å². The van der Waals surface area contributed by atoms with Crippen molar-refractivity contribution in [2.24, 2.45) is 0 Å². The molecule has 10 aromatic rings. The zero-order valence-electron chi connectivity index (χ0n) is 26.4. The number of rotatable bonds is 5. The molecule has 4 heteroatoms. The largest absolute Gasteiger partial charge is 0.456 e. The topological polar surface area (TPSA) is 29.3 Å². The molecule has 0 aliphatic heterocycles. The van der Waals surface area contributed by atoms with E-state index in [-0.39, 0.29) is 0 Å². The summed E-state index contributed by atoms with van der Waals surface area (Å²) in [7, 11) is 0. The van der Waals surface area contributed by atoms with Crippen LogP contribution in [0.25, 0.3) is 75.4 Å². The van der Waals surface area contributed by atoms with E-state index in [0.717, 1.165) is 55.1 Å². The van der Waals surface area contributed by atoms with E-state index in [2.05, 4.69) is 175 Å². The number of nitrogens with zero attached hydrogens (tertiary/aromatic N) is 2. The molecule has 0 N–H and O–H groups in total. The molecule has 2 aromatic heterocycles. The molecule has 0 spiro atoms. The third kappa shape index (κ3) is 4.68. The molecule has 0 aliphatic carbocycles. The van der Waals surface area contributed by atoms with Gasteiger partial charge in [-0.15, -0.1) is 11.3 Å². The molecular formula is C45H28N2OS. The van der Waals surface area contributed by atoms with Crippen LogP contribution in [0.2, 0.25) is 0 Å². The summed E-state index contributed by atoms with van der Waals surface area (Å²) in [6.07, 6.45) is 0. The lowest BCUT2D eigenvalue weighted by Gasteiger charge is -2.26. The fourth-order valence-corrected chi connectivity index (χ4v) is 8.14. The maximum atomic E-state index is 6.63. The lowest BCUT2D eigenvalue weighted by molar-refractivity contribution is 0.669. The Morgan fingerprint density at radius 1 is 0.469 bits per heavy atom. The first-order valence-electron chi connectivity index (χ1n) is 16.5. The lowest BCUT2D eigenvalue weighted by Crippen LogP contribution is -2.10. The second-order valence-corrected chi connectivity index (χ2v) is 13.4. The van der Waals surface area contributed by atoms with Crippen molar-refractivity contribution in [2.45, 2.75) is 0 Å². The molecule has 8 aromatic carbocycles. The predicted octanol–water partition coefficient (Wildman–Crippen LogP) is 13.3. The fraction of sp³-hybridized carbons (Fsp3) is 0.